The molecule has 1 heterocycles. The number of nitrogens with one attached hydrogen (secondary N) is 2. The molecule has 0 bridgehead atoms. The van der Waals surface area contributed by atoms with Crippen molar-refractivity contribution >= 4 is 27.2 Å². The van der Waals surface area contributed by atoms with Crippen LogP contribution in [0.2, 0.25) is 0 Å². The molecule has 134 valence electrons. The van der Waals surface area contributed by atoms with Crippen molar-refractivity contribution in [3.05, 3.63) is 77.7 Å². The van der Waals surface area contributed by atoms with Crippen molar-refractivity contribution in [1.29, 1.82) is 0 Å². The van der Waals surface area contributed by atoms with Crippen molar-refractivity contribution in [2.75, 3.05) is 10.0 Å². The molecule has 0 aliphatic heterocycles. The van der Waals surface area contributed by atoms with Crippen molar-refractivity contribution in [1.82, 2.24) is 4.98 Å². The monoisotopic (exact) mass is 371 g/mol. The minimum Gasteiger partial charge on any atom is -0.354 e. The predicted molar refractivity (Wildman–Crippen MR) is 101 cm³/mol. The van der Waals surface area contributed by atoms with Gasteiger partial charge in [-0.05, 0) is 73.5 Å². The molecule has 0 spiro atoms. The Morgan fingerprint density at radius 2 is 1.54 bits per heavy atom. The van der Waals surface area contributed by atoms with E-state index in [1.54, 1.807) is 18.3 Å². The molecule has 26 heavy (non-hydrogen) atoms. The van der Waals surface area contributed by atoms with E-state index in [0.717, 1.165) is 34.6 Å². The van der Waals surface area contributed by atoms with Crippen molar-refractivity contribution in [2.24, 2.45) is 0 Å². The standard InChI is InChI=1S/C19H18FN3O2S/c1-13-9-14(2)11-17(10-13)22-16-5-8-19(21-12-16)23-26(24,25)18-6-3-15(20)4-7-18/h3-12,22H,1-2H3,(H,21,23). The summed E-state index contributed by atoms with van der Waals surface area (Å²) >= 11 is 0. The summed E-state index contributed by atoms with van der Waals surface area (Å²) in [7, 11) is -3.81. The van der Waals surface area contributed by atoms with Gasteiger partial charge in [-0.25, -0.2) is 17.8 Å². The van der Waals surface area contributed by atoms with E-state index >= 15 is 0 Å². The summed E-state index contributed by atoms with van der Waals surface area (Å²) in [5.74, 6) is -0.316. The van der Waals surface area contributed by atoms with Crippen LogP contribution in [0.3, 0.4) is 0 Å². The SMILES string of the molecule is Cc1cc(C)cc(Nc2ccc(NS(=O)(=O)c3ccc(F)cc3)nc2)c1. The lowest BCUT2D eigenvalue weighted by molar-refractivity contribution is 0.599. The minimum atomic E-state index is -3.81. The highest BCUT2D eigenvalue weighted by atomic mass is 32.2. The Balaban J connectivity index is 1.74. The van der Waals surface area contributed by atoms with E-state index in [1.165, 1.54) is 12.1 Å². The molecule has 7 heteroatoms. The van der Waals surface area contributed by atoms with E-state index in [-0.39, 0.29) is 10.7 Å². The van der Waals surface area contributed by atoms with Gasteiger partial charge in [0.15, 0.2) is 0 Å². The zero-order chi connectivity index (χ0) is 18.7. The first-order chi connectivity index (χ1) is 12.3. The molecule has 5 nitrogen and oxygen atoms in total. The van der Waals surface area contributed by atoms with Gasteiger partial charge in [-0.2, -0.15) is 0 Å². The first-order valence-electron chi connectivity index (χ1n) is 7.92. The van der Waals surface area contributed by atoms with Crippen LogP contribution in [0.15, 0.2) is 65.7 Å². The molecular weight excluding hydrogens is 353 g/mol. The molecule has 0 unspecified atom stereocenters. The Labute approximate surface area is 152 Å². The molecule has 0 saturated heterocycles. The molecule has 1 aromatic heterocycles. The van der Waals surface area contributed by atoms with Gasteiger partial charge < -0.3 is 5.32 Å². The lowest BCUT2D eigenvalue weighted by Crippen LogP contribution is -2.13. The number of hydrogen-bond donors (Lipinski definition) is 2. The molecular formula is C19H18FN3O2S. The Morgan fingerprint density at radius 3 is 2.12 bits per heavy atom. The molecule has 2 N–H and O–H groups in total. The van der Waals surface area contributed by atoms with Gasteiger partial charge >= 0.3 is 0 Å². The maximum atomic E-state index is 12.9. The highest BCUT2D eigenvalue weighted by molar-refractivity contribution is 7.92. The van der Waals surface area contributed by atoms with E-state index in [4.69, 9.17) is 0 Å². The molecule has 0 amide bonds. The molecule has 0 aliphatic carbocycles. The quantitative estimate of drug-likeness (QED) is 0.698. The summed E-state index contributed by atoms with van der Waals surface area (Å²) in [5.41, 5.74) is 3.96. The fourth-order valence-electron chi connectivity index (χ4n) is 2.55. The van der Waals surface area contributed by atoms with Crippen molar-refractivity contribution in [3.8, 4) is 0 Å². The zero-order valence-electron chi connectivity index (χ0n) is 14.3. The molecule has 2 aromatic carbocycles. The topological polar surface area (TPSA) is 71.1 Å². The fourth-order valence-corrected chi connectivity index (χ4v) is 3.56. The highest BCUT2D eigenvalue weighted by Crippen LogP contribution is 2.21. The second-order valence-corrected chi connectivity index (χ2v) is 7.68. The molecule has 0 atom stereocenters. The van der Waals surface area contributed by atoms with Crippen LogP contribution < -0.4 is 10.0 Å². The van der Waals surface area contributed by atoms with Crippen molar-refractivity contribution in [2.45, 2.75) is 18.7 Å². The summed E-state index contributed by atoms with van der Waals surface area (Å²) in [6, 6.07) is 14.0. The Kier molecular flexibility index (Phi) is 4.90. The van der Waals surface area contributed by atoms with Crippen LogP contribution in [-0.4, -0.2) is 13.4 Å². The molecule has 0 fully saturated rings. The Hall–Kier alpha value is -2.93. The number of sulfonamides is 1. The van der Waals surface area contributed by atoms with Gasteiger partial charge in [0, 0.05) is 5.69 Å². The second-order valence-electron chi connectivity index (χ2n) is 5.99. The van der Waals surface area contributed by atoms with Crippen LogP contribution in [-0.2, 0) is 10.0 Å². The molecule has 0 saturated carbocycles. The van der Waals surface area contributed by atoms with Crippen LogP contribution in [0.1, 0.15) is 11.1 Å². The number of halogens is 1. The number of hydrogen-bond acceptors (Lipinski definition) is 4. The minimum absolute atomic E-state index is 0.0295. The van der Waals surface area contributed by atoms with Gasteiger partial charge in [0.2, 0.25) is 0 Å². The van der Waals surface area contributed by atoms with Crippen LogP contribution in [0.5, 0.6) is 0 Å². The lowest BCUT2D eigenvalue weighted by Gasteiger charge is -2.10. The van der Waals surface area contributed by atoms with Crippen LogP contribution in [0.4, 0.5) is 21.6 Å². The fraction of sp³-hybridized carbons (Fsp3) is 0.105. The van der Waals surface area contributed by atoms with Gasteiger partial charge in [0.25, 0.3) is 10.0 Å². The maximum Gasteiger partial charge on any atom is 0.263 e. The van der Waals surface area contributed by atoms with Crippen LogP contribution in [0, 0.1) is 19.7 Å². The first-order valence-corrected chi connectivity index (χ1v) is 9.40. The Bertz CT molecular complexity index is 997. The number of aromatic nitrogens is 1. The summed E-state index contributed by atoms with van der Waals surface area (Å²) in [6.07, 6.45) is 1.54. The molecule has 0 radical (unpaired) electrons. The van der Waals surface area contributed by atoms with E-state index in [9.17, 15) is 12.8 Å². The summed E-state index contributed by atoms with van der Waals surface area (Å²) in [6.45, 7) is 4.04. The van der Waals surface area contributed by atoms with Crippen molar-refractivity contribution < 1.29 is 12.8 Å². The van der Waals surface area contributed by atoms with Gasteiger partial charge in [-0.15, -0.1) is 0 Å². The predicted octanol–water partition coefficient (Wildman–Crippen LogP) is 4.38. The maximum absolute atomic E-state index is 12.9. The number of nitrogens with zero attached hydrogens (tertiary/aromatic N) is 1. The third-order valence-corrected chi connectivity index (χ3v) is 5.01. The summed E-state index contributed by atoms with van der Waals surface area (Å²) in [5, 5.41) is 3.23. The van der Waals surface area contributed by atoms with Crippen LogP contribution >= 0.6 is 0 Å². The average Bonchev–Trinajstić information content (AvgIpc) is 2.56. The number of benzene rings is 2. The number of anilines is 3. The van der Waals surface area contributed by atoms with E-state index in [0.29, 0.717) is 0 Å². The van der Waals surface area contributed by atoms with E-state index in [1.807, 2.05) is 26.0 Å². The smallest absolute Gasteiger partial charge is 0.263 e. The second kappa shape index (κ2) is 7.13. The molecule has 0 aliphatic rings. The van der Waals surface area contributed by atoms with Gasteiger partial charge in [0.05, 0.1) is 16.8 Å². The van der Waals surface area contributed by atoms with Crippen molar-refractivity contribution in [3.63, 3.8) is 0 Å². The zero-order valence-corrected chi connectivity index (χ0v) is 15.1. The number of pyridine rings is 1. The lowest BCUT2D eigenvalue weighted by atomic mass is 10.1. The van der Waals surface area contributed by atoms with E-state index < -0.39 is 15.8 Å². The third kappa shape index (κ3) is 4.37. The number of rotatable bonds is 5. The largest absolute Gasteiger partial charge is 0.354 e. The summed E-state index contributed by atoms with van der Waals surface area (Å²) in [4.78, 5) is 4.09. The van der Waals surface area contributed by atoms with Crippen LogP contribution in [0.25, 0.3) is 0 Å². The van der Waals surface area contributed by atoms with Gasteiger partial charge in [-0.1, -0.05) is 6.07 Å². The van der Waals surface area contributed by atoms with Gasteiger partial charge in [-0.3, -0.25) is 4.72 Å². The molecule has 3 rings (SSSR count). The number of aryl methyl sites for hydroxylation is 2. The van der Waals surface area contributed by atoms with Gasteiger partial charge in [0.1, 0.15) is 11.6 Å². The Morgan fingerprint density at radius 1 is 0.885 bits per heavy atom. The highest BCUT2D eigenvalue weighted by Gasteiger charge is 2.14. The molecule has 3 aromatic rings. The first kappa shape index (κ1) is 17.9. The third-order valence-electron chi connectivity index (χ3n) is 3.64. The van der Waals surface area contributed by atoms with E-state index in [2.05, 4.69) is 21.1 Å². The average molecular weight is 371 g/mol. The normalized spacial score (nSPS) is 11.2. The summed E-state index contributed by atoms with van der Waals surface area (Å²) < 4.78 is 39.9.